The van der Waals surface area contributed by atoms with Crippen molar-refractivity contribution in [2.75, 3.05) is 6.61 Å². The molecule has 0 saturated carbocycles. The number of carbonyl (C=O) groups excluding carboxylic acids is 1. The van der Waals surface area contributed by atoms with Crippen LogP contribution in [0.1, 0.15) is 54.9 Å². The molecule has 2 unspecified atom stereocenters. The predicted molar refractivity (Wildman–Crippen MR) is 125 cm³/mol. The molecule has 1 amide bonds. The van der Waals surface area contributed by atoms with E-state index in [2.05, 4.69) is 19.9 Å². The number of ether oxygens (including phenoxy) is 3. The van der Waals surface area contributed by atoms with Crippen LogP contribution in [-0.2, 0) is 9.47 Å². The maximum atomic E-state index is 12.0. The number of hydrogen-bond acceptors (Lipinski definition) is 9. The molecule has 2 N–H and O–H groups in total. The lowest BCUT2D eigenvalue weighted by Crippen LogP contribution is -2.24. The molecule has 11 nitrogen and oxygen atoms in total. The summed E-state index contributed by atoms with van der Waals surface area (Å²) in [6.07, 6.45) is 2.69. The Morgan fingerprint density at radius 2 is 1.97 bits per heavy atom. The van der Waals surface area contributed by atoms with Crippen LogP contribution in [0.3, 0.4) is 0 Å². The number of carbonyl (C=O) groups is 1. The van der Waals surface area contributed by atoms with E-state index in [0.717, 1.165) is 23.8 Å². The minimum atomic E-state index is -0.973. The van der Waals surface area contributed by atoms with Crippen molar-refractivity contribution in [2.45, 2.75) is 45.0 Å². The number of nitrogens with zero attached hydrogens (tertiary/aromatic N) is 4. The fourth-order valence-electron chi connectivity index (χ4n) is 3.55. The van der Waals surface area contributed by atoms with Crippen LogP contribution in [0.2, 0.25) is 15.2 Å². The van der Waals surface area contributed by atoms with Gasteiger partial charge in [0.2, 0.25) is 11.7 Å². The van der Waals surface area contributed by atoms with Crippen LogP contribution in [0.4, 0.5) is 0 Å². The summed E-state index contributed by atoms with van der Waals surface area (Å²) in [5, 5.41) is 11.5. The van der Waals surface area contributed by atoms with Gasteiger partial charge in [0.25, 0.3) is 5.91 Å². The summed E-state index contributed by atoms with van der Waals surface area (Å²) in [5.41, 5.74) is 5.91. The van der Waals surface area contributed by atoms with Crippen LogP contribution < -0.4 is 16.2 Å². The second-order valence-corrected chi connectivity index (χ2v) is 8.74. The molecule has 2 atom stereocenters. The molecule has 1 saturated heterocycles. The number of halogens is 3. The van der Waals surface area contributed by atoms with Gasteiger partial charge in [-0.05, 0) is 43.0 Å². The highest BCUT2D eigenvalue weighted by Crippen LogP contribution is 2.39. The first-order chi connectivity index (χ1) is 16.8. The van der Waals surface area contributed by atoms with Gasteiger partial charge in [-0.15, -0.1) is 10.2 Å². The van der Waals surface area contributed by atoms with Gasteiger partial charge in [-0.1, -0.05) is 41.7 Å². The quantitative estimate of drug-likeness (QED) is 0.434. The molecule has 3 aromatic rings. The average Bonchev–Trinajstić information content (AvgIpc) is 3.23. The van der Waals surface area contributed by atoms with E-state index in [-0.39, 0.29) is 38.8 Å². The molecule has 4 rings (SSSR count). The second-order valence-electron chi connectivity index (χ2n) is 7.57. The van der Waals surface area contributed by atoms with Crippen molar-refractivity contribution >= 4 is 40.7 Å². The van der Waals surface area contributed by atoms with Crippen molar-refractivity contribution in [1.29, 1.82) is 0 Å². The molecule has 1 aliphatic rings. The Bertz CT molecular complexity index is 1270. The Morgan fingerprint density at radius 1 is 1.23 bits per heavy atom. The average molecular weight is 545 g/mol. The van der Waals surface area contributed by atoms with Gasteiger partial charge in [0.1, 0.15) is 0 Å². The lowest BCUT2D eigenvalue weighted by atomic mass is 10.1. The van der Waals surface area contributed by atoms with E-state index in [1.807, 2.05) is 6.92 Å². The van der Waals surface area contributed by atoms with E-state index < -0.39 is 23.6 Å². The Morgan fingerprint density at radius 3 is 2.60 bits per heavy atom. The molecule has 35 heavy (non-hydrogen) atoms. The molecule has 1 aromatic carbocycles. The molecule has 0 bridgehead atoms. The third-order valence-corrected chi connectivity index (χ3v) is 6.05. The Labute approximate surface area is 214 Å². The SMILES string of the molecule is CCC(OC1CCCCO1)c1cc(Oc2c(Cl)cc(-n3c(C(N)=O)noc3=O)cc2Cl)nnc1Cl. The summed E-state index contributed by atoms with van der Waals surface area (Å²) in [4.78, 5) is 23.6. The van der Waals surface area contributed by atoms with Gasteiger partial charge < -0.3 is 19.9 Å². The summed E-state index contributed by atoms with van der Waals surface area (Å²) >= 11 is 19.0. The number of nitrogens with two attached hydrogens (primary N) is 1. The van der Waals surface area contributed by atoms with Gasteiger partial charge in [-0.2, -0.15) is 0 Å². The van der Waals surface area contributed by atoms with E-state index in [1.54, 1.807) is 6.07 Å². The topological polar surface area (TPSA) is 145 Å². The van der Waals surface area contributed by atoms with Crippen LogP contribution in [0.15, 0.2) is 27.5 Å². The summed E-state index contributed by atoms with van der Waals surface area (Å²) in [6.45, 7) is 2.59. The highest BCUT2D eigenvalue weighted by molar-refractivity contribution is 6.37. The zero-order valence-electron chi connectivity index (χ0n) is 18.4. The van der Waals surface area contributed by atoms with Crippen LogP contribution in [0.25, 0.3) is 5.69 Å². The molecule has 1 fully saturated rings. The number of rotatable bonds is 8. The van der Waals surface area contributed by atoms with Crippen molar-refractivity contribution in [1.82, 2.24) is 19.9 Å². The molecule has 186 valence electrons. The monoisotopic (exact) mass is 543 g/mol. The molecule has 14 heteroatoms. The van der Waals surface area contributed by atoms with Crippen LogP contribution in [-0.4, -0.2) is 38.7 Å². The first kappa shape index (κ1) is 25.4. The first-order valence-corrected chi connectivity index (χ1v) is 11.8. The number of aromatic nitrogens is 4. The van der Waals surface area contributed by atoms with Crippen molar-refractivity contribution in [3.63, 3.8) is 0 Å². The van der Waals surface area contributed by atoms with Crippen molar-refractivity contribution < 1.29 is 23.5 Å². The van der Waals surface area contributed by atoms with Gasteiger partial charge in [-0.25, -0.2) is 9.36 Å². The molecule has 0 radical (unpaired) electrons. The number of primary amides is 1. The van der Waals surface area contributed by atoms with Crippen LogP contribution in [0, 0.1) is 0 Å². The number of amides is 1. The van der Waals surface area contributed by atoms with Crippen LogP contribution in [0.5, 0.6) is 11.6 Å². The third-order valence-electron chi connectivity index (χ3n) is 5.20. The Balaban J connectivity index is 1.61. The maximum Gasteiger partial charge on any atom is 0.446 e. The smallest absolute Gasteiger partial charge is 0.434 e. The van der Waals surface area contributed by atoms with Crippen LogP contribution >= 0.6 is 34.8 Å². The standard InChI is InChI=1S/C21H20Cl3N5O6/c1-2-14(33-16-5-3-4-6-32-16)11-9-15(26-27-18(11)24)34-17-12(22)7-10(8-13(17)23)29-20(19(25)30)28-35-21(29)31/h7-9,14,16H,2-6H2,1H3,(H2,25,30). The normalized spacial score (nSPS) is 16.7. The fraction of sp³-hybridized carbons (Fsp3) is 0.381. The minimum Gasteiger partial charge on any atom is -0.434 e. The third kappa shape index (κ3) is 5.60. The summed E-state index contributed by atoms with van der Waals surface area (Å²) in [6, 6.07) is 4.25. The zero-order valence-corrected chi connectivity index (χ0v) is 20.6. The lowest BCUT2D eigenvalue weighted by Gasteiger charge is -2.27. The van der Waals surface area contributed by atoms with Gasteiger partial charge in [-0.3, -0.25) is 9.32 Å². The van der Waals surface area contributed by atoms with E-state index in [4.69, 9.17) is 54.7 Å². The predicted octanol–water partition coefficient (Wildman–Crippen LogP) is 4.46. The van der Waals surface area contributed by atoms with Crippen molar-refractivity contribution in [3.05, 3.63) is 55.3 Å². The molecule has 0 aliphatic carbocycles. The molecular weight excluding hydrogens is 525 g/mol. The largest absolute Gasteiger partial charge is 0.446 e. The number of hydrogen-bond donors (Lipinski definition) is 1. The highest BCUT2D eigenvalue weighted by atomic mass is 35.5. The zero-order chi connectivity index (χ0) is 25.1. The number of benzene rings is 1. The van der Waals surface area contributed by atoms with E-state index in [0.29, 0.717) is 18.6 Å². The minimum absolute atomic E-state index is 0.00761. The summed E-state index contributed by atoms with van der Waals surface area (Å²) in [7, 11) is 0. The fourth-order valence-corrected chi connectivity index (χ4v) is 4.32. The molecular formula is C21H20Cl3N5O6. The molecule has 0 spiro atoms. The van der Waals surface area contributed by atoms with Gasteiger partial charge in [0.05, 0.1) is 21.8 Å². The van der Waals surface area contributed by atoms with Gasteiger partial charge in [0.15, 0.2) is 17.2 Å². The molecule has 1 aliphatic heterocycles. The Kier molecular flexibility index (Phi) is 7.92. The van der Waals surface area contributed by atoms with E-state index in [9.17, 15) is 9.59 Å². The Hall–Kier alpha value is -2.70. The van der Waals surface area contributed by atoms with Gasteiger partial charge in [0, 0.05) is 18.2 Å². The van der Waals surface area contributed by atoms with E-state index in [1.165, 1.54) is 12.1 Å². The van der Waals surface area contributed by atoms with Crippen molar-refractivity contribution in [3.8, 4) is 17.3 Å². The lowest BCUT2D eigenvalue weighted by molar-refractivity contribution is -0.190. The maximum absolute atomic E-state index is 12.0. The van der Waals surface area contributed by atoms with Crippen molar-refractivity contribution in [2.24, 2.45) is 5.73 Å². The summed E-state index contributed by atoms with van der Waals surface area (Å²) < 4.78 is 22.9. The van der Waals surface area contributed by atoms with Gasteiger partial charge >= 0.3 is 5.76 Å². The first-order valence-electron chi connectivity index (χ1n) is 10.6. The second kappa shape index (κ2) is 10.9. The molecule has 3 heterocycles. The molecule has 2 aromatic heterocycles. The summed E-state index contributed by atoms with van der Waals surface area (Å²) in [5.74, 6) is -2.24. The highest BCUT2D eigenvalue weighted by Gasteiger charge is 2.24. The van der Waals surface area contributed by atoms with E-state index >= 15 is 0 Å².